The van der Waals surface area contributed by atoms with E-state index in [1.54, 1.807) is 16.8 Å². The lowest BCUT2D eigenvalue weighted by Crippen LogP contribution is -2.30. The molecule has 0 fully saturated rings. The predicted molar refractivity (Wildman–Crippen MR) is 111 cm³/mol. The molecule has 158 valence electrons. The SMILES string of the molecule is CC(C)(C)CC(=O)NCCn1ncc2c(=O)n(Cc3cccc([N+](=O)[O-])c3)cnc21. The van der Waals surface area contributed by atoms with E-state index in [1.807, 2.05) is 20.8 Å². The molecular formula is C20H24N6O4. The first kappa shape index (κ1) is 21.2. The van der Waals surface area contributed by atoms with Gasteiger partial charge in [-0.15, -0.1) is 0 Å². The van der Waals surface area contributed by atoms with Crippen LogP contribution in [0.5, 0.6) is 0 Å². The Hall–Kier alpha value is -3.56. The molecule has 0 saturated heterocycles. The number of carbonyl (C=O) groups excluding carboxylic acids is 1. The number of benzene rings is 1. The van der Waals surface area contributed by atoms with Crippen LogP contribution in [0, 0.1) is 15.5 Å². The summed E-state index contributed by atoms with van der Waals surface area (Å²) in [6, 6.07) is 6.13. The highest BCUT2D eigenvalue weighted by molar-refractivity contribution is 5.76. The van der Waals surface area contributed by atoms with Crippen LogP contribution < -0.4 is 10.9 Å². The monoisotopic (exact) mass is 412 g/mol. The zero-order valence-electron chi connectivity index (χ0n) is 17.2. The normalized spacial score (nSPS) is 11.6. The molecule has 1 amide bonds. The first-order valence-corrected chi connectivity index (χ1v) is 9.55. The summed E-state index contributed by atoms with van der Waals surface area (Å²) in [4.78, 5) is 39.5. The van der Waals surface area contributed by atoms with E-state index in [-0.39, 0.29) is 29.1 Å². The number of rotatable bonds is 7. The van der Waals surface area contributed by atoms with Gasteiger partial charge in [-0.3, -0.25) is 24.3 Å². The van der Waals surface area contributed by atoms with Crippen molar-refractivity contribution < 1.29 is 9.72 Å². The van der Waals surface area contributed by atoms with Crippen LogP contribution in [0.1, 0.15) is 32.8 Å². The van der Waals surface area contributed by atoms with Crippen molar-refractivity contribution in [1.29, 1.82) is 0 Å². The maximum absolute atomic E-state index is 12.8. The third-order valence-corrected chi connectivity index (χ3v) is 4.43. The summed E-state index contributed by atoms with van der Waals surface area (Å²) in [5, 5.41) is 18.3. The van der Waals surface area contributed by atoms with E-state index >= 15 is 0 Å². The van der Waals surface area contributed by atoms with Gasteiger partial charge in [0, 0.05) is 25.1 Å². The van der Waals surface area contributed by atoms with Crippen LogP contribution in [-0.2, 0) is 17.9 Å². The van der Waals surface area contributed by atoms with Crippen molar-refractivity contribution in [2.24, 2.45) is 5.41 Å². The minimum atomic E-state index is -0.474. The lowest BCUT2D eigenvalue weighted by molar-refractivity contribution is -0.384. The van der Waals surface area contributed by atoms with Crippen LogP contribution in [0.15, 0.2) is 41.6 Å². The summed E-state index contributed by atoms with van der Waals surface area (Å²) < 4.78 is 2.96. The van der Waals surface area contributed by atoms with Crippen molar-refractivity contribution in [3.8, 4) is 0 Å². The molecule has 3 rings (SSSR count). The molecule has 3 aromatic rings. The summed E-state index contributed by atoms with van der Waals surface area (Å²) in [5.74, 6) is -0.0359. The van der Waals surface area contributed by atoms with Crippen molar-refractivity contribution in [2.45, 2.75) is 40.3 Å². The highest BCUT2D eigenvalue weighted by Crippen LogP contribution is 2.17. The molecule has 30 heavy (non-hydrogen) atoms. The first-order valence-electron chi connectivity index (χ1n) is 9.55. The highest BCUT2D eigenvalue weighted by Gasteiger charge is 2.16. The maximum atomic E-state index is 12.8. The molecule has 1 aromatic carbocycles. The Bertz CT molecular complexity index is 1140. The fourth-order valence-electron chi connectivity index (χ4n) is 3.08. The van der Waals surface area contributed by atoms with E-state index < -0.39 is 4.92 Å². The van der Waals surface area contributed by atoms with Gasteiger partial charge in [0.15, 0.2) is 5.65 Å². The topological polar surface area (TPSA) is 125 Å². The Balaban J connectivity index is 1.72. The van der Waals surface area contributed by atoms with Crippen LogP contribution in [-0.4, -0.2) is 36.7 Å². The zero-order valence-corrected chi connectivity index (χ0v) is 17.2. The van der Waals surface area contributed by atoms with E-state index in [2.05, 4.69) is 15.4 Å². The molecule has 0 aliphatic rings. The molecule has 0 bridgehead atoms. The van der Waals surface area contributed by atoms with E-state index in [1.165, 1.54) is 29.2 Å². The van der Waals surface area contributed by atoms with Crippen molar-refractivity contribution >= 4 is 22.6 Å². The summed E-state index contributed by atoms with van der Waals surface area (Å²) in [7, 11) is 0. The van der Waals surface area contributed by atoms with Crippen LogP contribution >= 0.6 is 0 Å². The highest BCUT2D eigenvalue weighted by atomic mass is 16.6. The fraction of sp³-hybridized carbons (Fsp3) is 0.400. The molecule has 2 heterocycles. The van der Waals surface area contributed by atoms with E-state index in [4.69, 9.17) is 0 Å². The van der Waals surface area contributed by atoms with Gasteiger partial charge in [0.1, 0.15) is 11.7 Å². The van der Waals surface area contributed by atoms with E-state index in [0.29, 0.717) is 36.1 Å². The first-order chi connectivity index (χ1) is 14.1. The third kappa shape index (κ3) is 5.07. The minimum Gasteiger partial charge on any atom is -0.354 e. The molecule has 0 spiro atoms. The molecule has 0 unspecified atom stereocenters. The molecule has 0 saturated carbocycles. The second-order valence-corrected chi connectivity index (χ2v) is 8.30. The van der Waals surface area contributed by atoms with Crippen LogP contribution in [0.4, 0.5) is 5.69 Å². The van der Waals surface area contributed by atoms with Crippen molar-refractivity contribution in [3.63, 3.8) is 0 Å². The van der Waals surface area contributed by atoms with Crippen molar-refractivity contribution in [2.75, 3.05) is 6.54 Å². The number of nitrogens with zero attached hydrogens (tertiary/aromatic N) is 5. The van der Waals surface area contributed by atoms with Gasteiger partial charge in [0.05, 0.1) is 24.2 Å². The number of carbonyl (C=O) groups is 1. The van der Waals surface area contributed by atoms with Gasteiger partial charge in [-0.2, -0.15) is 5.10 Å². The van der Waals surface area contributed by atoms with Gasteiger partial charge < -0.3 is 5.32 Å². The van der Waals surface area contributed by atoms with Crippen LogP contribution in [0.2, 0.25) is 0 Å². The Morgan fingerprint density at radius 2 is 2.07 bits per heavy atom. The number of non-ortho nitro benzene ring substituents is 1. The Morgan fingerprint density at radius 3 is 2.77 bits per heavy atom. The molecule has 0 radical (unpaired) electrons. The van der Waals surface area contributed by atoms with E-state index in [0.717, 1.165) is 0 Å². The zero-order chi connectivity index (χ0) is 21.9. The van der Waals surface area contributed by atoms with Gasteiger partial charge in [-0.25, -0.2) is 9.67 Å². The largest absolute Gasteiger partial charge is 0.354 e. The Kier molecular flexibility index (Phi) is 5.95. The minimum absolute atomic E-state index is 0.0316. The Labute approximate surface area is 172 Å². The van der Waals surface area contributed by atoms with Gasteiger partial charge in [0.25, 0.3) is 11.2 Å². The molecule has 0 aliphatic carbocycles. The lowest BCUT2D eigenvalue weighted by atomic mass is 9.92. The number of nitro groups is 1. The summed E-state index contributed by atoms with van der Waals surface area (Å²) in [6.07, 6.45) is 3.28. The number of aromatic nitrogens is 4. The number of nitro benzene ring substituents is 1. The summed E-state index contributed by atoms with van der Waals surface area (Å²) >= 11 is 0. The van der Waals surface area contributed by atoms with Gasteiger partial charge in [0.2, 0.25) is 5.91 Å². The molecule has 0 aliphatic heterocycles. The lowest BCUT2D eigenvalue weighted by Gasteiger charge is -2.17. The molecule has 10 heteroatoms. The third-order valence-electron chi connectivity index (χ3n) is 4.43. The molecular weight excluding hydrogens is 388 g/mol. The number of hydrogen-bond acceptors (Lipinski definition) is 6. The number of hydrogen-bond donors (Lipinski definition) is 1. The Morgan fingerprint density at radius 1 is 1.30 bits per heavy atom. The average Bonchev–Trinajstić information content (AvgIpc) is 3.06. The maximum Gasteiger partial charge on any atom is 0.269 e. The number of amides is 1. The number of nitrogens with one attached hydrogen (secondary N) is 1. The summed E-state index contributed by atoms with van der Waals surface area (Å²) in [6.45, 7) is 6.92. The second-order valence-electron chi connectivity index (χ2n) is 8.30. The molecule has 10 nitrogen and oxygen atoms in total. The van der Waals surface area contributed by atoms with Crippen LogP contribution in [0.3, 0.4) is 0 Å². The predicted octanol–water partition coefficient (Wildman–Crippen LogP) is 2.10. The molecule has 1 N–H and O–H groups in total. The summed E-state index contributed by atoms with van der Waals surface area (Å²) in [5.41, 5.74) is 0.654. The van der Waals surface area contributed by atoms with Crippen molar-refractivity contribution in [3.05, 3.63) is 62.8 Å². The van der Waals surface area contributed by atoms with E-state index in [9.17, 15) is 19.7 Å². The quantitative estimate of drug-likeness (QED) is 0.468. The van der Waals surface area contributed by atoms with Gasteiger partial charge >= 0.3 is 0 Å². The molecule has 0 atom stereocenters. The number of fused-ring (bicyclic) bond motifs is 1. The standard InChI is InChI=1S/C20H24N6O4/c1-20(2,3)10-17(27)21-7-8-25-18-16(11-23-25)19(28)24(13-22-18)12-14-5-4-6-15(9-14)26(29)30/h4-6,9,11,13H,7-8,10,12H2,1-3H3,(H,21,27). The van der Waals surface area contributed by atoms with Gasteiger partial charge in [-0.1, -0.05) is 32.9 Å². The second kappa shape index (κ2) is 8.44. The smallest absolute Gasteiger partial charge is 0.269 e. The van der Waals surface area contributed by atoms with Gasteiger partial charge in [-0.05, 0) is 11.0 Å². The fourth-order valence-corrected chi connectivity index (χ4v) is 3.08. The van der Waals surface area contributed by atoms with Crippen LogP contribution in [0.25, 0.3) is 11.0 Å². The average molecular weight is 412 g/mol. The molecule has 2 aromatic heterocycles. The van der Waals surface area contributed by atoms with Crippen molar-refractivity contribution in [1.82, 2.24) is 24.6 Å².